The summed E-state index contributed by atoms with van der Waals surface area (Å²) >= 11 is 6.01. The molecule has 2 bridgehead atoms. The van der Waals surface area contributed by atoms with Crippen molar-refractivity contribution in [1.82, 2.24) is 9.55 Å². The zero-order valence-corrected chi connectivity index (χ0v) is 11.1. The Morgan fingerprint density at radius 3 is 3.00 bits per heavy atom. The molecular formula is C14H14ClFN2O. The molecule has 2 saturated heterocycles. The summed E-state index contributed by atoms with van der Waals surface area (Å²) in [5, 5.41) is 0. The maximum absolute atomic E-state index is 13.3. The molecule has 0 saturated carbocycles. The lowest BCUT2D eigenvalue weighted by Crippen LogP contribution is -2.22. The molecule has 0 amide bonds. The zero-order valence-electron chi connectivity index (χ0n) is 10.4. The Bertz CT molecular complexity index is 642. The van der Waals surface area contributed by atoms with Crippen molar-refractivity contribution in [2.24, 2.45) is 0 Å². The monoisotopic (exact) mass is 280 g/mol. The van der Waals surface area contributed by atoms with E-state index < -0.39 is 0 Å². The van der Waals surface area contributed by atoms with E-state index in [1.165, 1.54) is 12.1 Å². The summed E-state index contributed by atoms with van der Waals surface area (Å²) in [5.41, 5.74) is 1.64. The van der Waals surface area contributed by atoms with Gasteiger partial charge in [-0.05, 0) is 31.4 Å². The van der Waals surface area contributed by atoms with Crippen LogP contribution in [0.3, 0.4) is 0 Å². The Morgan fingerprint density at radius 2 is 2.32 bits per heavy atom. The first-order valence-electron chi connectivity index (χ1n) is 6.64. The van der Waals surface area contributed by atoms with Crippen LogP contribution in [0.2, 0.25) is 0 Å². The van der Waals surface area contributed by atoms with Gasteiger partial charge in [-0.2, -0.15) is 0 Å². The van der Waals surface area contributed by atoms with Crippen LogP contribution in [0, 0.1) is 5.82 Å². The number of nitrogens with zero attached hydrogens (tertiary/aromatic N) is 2. The standard InChI is InChI=1S/C14H14ClFN2O/c15-7-14-17-10-5-8(16)1-3-11(10)18(14)12-6-9-2-4-13(12)19-9/h1,3,5,9,12-13H,2,4,6-7H2. The summed E-state index contributed by atoms with van der Waals surface area (Å²) in [6.07, 6.45) is 3.89. The number of hydrogen-bond donors (Lipinski definition) is 0. The van der Waals surface area contributed by atoms with E-state index in [1.54, 1.807) is 6.07 Å². The van der Waals surface area contributed by atoms with Crippen molar-refractivity contribution in [1.29, 1.82) is 0 Å². The van der Waals surface area contributed by atoms with Gasteiger partial charge in [-0.3, -0.25) is 0 Å². The molecule has 2 aliphatic heterocycles. The summed E-state index contributed by atoms with van der Waals surface area (Å²) in [4.78, 5) is 4.46. The average Bonchev–Trinajstić information content (AvgIpc) is 3.09. The van der Waals surface area contributed by atoms with Gasteiger partial charge in [-0.1, -0.05) is 0 Å². The highest BCUT2D eigenvalue weighted by Gasteiger charge is 2.42. The molecule has 0 radical (unpaired) electrons. The van der Waals surface area contributed by atoms with Gasteiger partial charge in [0.2, 0.25) is 0 Å². The third-order valence-corrected chi connectivity index (χ3v) is 4.49. The van der Waals surface area contributed by atoms with Crippen molar-refractivity contribution >= 4 is 22.6 Å². The number of alkyl halides is 1. The highest BCUT2D eigenvalue weighted by molar-refractivity contribution is 6.16. The van der Waals surface area contributed by atoms with Crippen LogP contribution in [0.1, 0.15) is 31.1 Å². The third kappa shape index (κ3) is 1.70. The first-order valence-corrected chi connectivity index (χ1v) is 7.17. The molecule has 0 aliphatic carbocycles. The van der Waals surface area contributed by atoms with Crippen LogP contribution in [-0.4, -0.2) is 21.8 Å². The molecule has 1 aromatic heterocycles. The zero-order chi connectivity index (χ0) is 13.0. The SMILES string of the molecule is Fc1ccc2c(c1)nc(CCl)n2C1CC2CCC1O2. The van der Waals surface area contributed by atoms with E-state index in [0.29, 0.717) is 23.5 Å². The molecule has 100 valence electrons. The third-order valence-electron chi connectivity index (χ3n) is 4.25. The topological polar surface area (TPSA) is 27.1 Å². The molecule has 2 aromatic rings. The van der Waals surface area contributed by atoms with Gasteiger partial charge in [-0.25, -0.2) is 9.37 Å². The highest BCUT2D eigenvalue weighted by Crippen LogP contribution is 2.43. The van der Waals surface area contributed by atoms with Gasteiger partial charge < -0.3 is 9.30 Å². The molecule has 1 aromatic carbocycles. The van der Waals surface area contributed by atoms with Crippen LogP contribution in [0.4, 0.5) is 4.39 Å². The summed E-state index contributed by atoms with van der Waals surface area (Å²) in [7, 11) is 0. The molecule has 3 atom stereocenters. The molecule has 19 heavy (non-hydrogen) atoms. The van der Waals surface area contributed by atoms with Crippen molar-refractivity contribution in [3.63, 3.8) is 0 Å². The summed E-state index contributed by atoms with van der Waals surface area (Å²) in [6.45, 7) is 0. The van der Waals surface area contributed by atoms with Crippen molar-refractivity contribution < 1.29 is 9.13 Å². The Kier molecular flexibility index (Phi) is 2.57. The van der Waals surface area contributed by atoms with E-state index in [0.717, 1.165) is 30.6 Å². The highest BCUT2D eigenvalue weighted by atomic mass is 35.5. The molecule has 0 spiro atoms. The van der Waals surface area contributed by atoms with Crippen LogP contribution in [0.5, 0.6) is 0 Å². The quantitative estimate of drug-likeness (QED) is 0.788. The lowest BCUT2D eigenvalue weighted by Gasteiger charge is -2.22. The fraction of sp³-hybridized carbons (Fsp3) is 0.500. The molecule has 5 heteroatoms. The number of ether oxygens (including phenoxy) is 1. The minimum atomic E-state index is -0.262. The Labute approximate surface area is 115 Å². The second-order valence-corrected chi connectivity index (χ2v) is 5.61. The molecular weight excluding hydrogens is 267 g/mol. The average molecular weight is 281 g/mol. The van der Waals surface area contributed by atoms with E-state index >= 15 is 0 Å². The number of fused-ring (bicyclic) bond motifs is 3. The fourth-order valence-corrected chi connectivity index (χ4v) is 3.66. The van der Waals surface area contributed by atoms with Crippen molar-refractivity contribution in [3.8, 4) is 0 Å². The predicted octanol–water partition coefficient (Wildman–Crippen LogP) is 3.41. The van der Waals surface area contributed by atoms with Crippen molar-refractivity contribution in [2.45, 2.75) is 43.4 Å². The number of aromatic nitrogens is 2. The molecule has 3 nitrogen and oxygen atoms in total. The second-order valence-electron chi connectivity index (χ2n) is 5.34. The van der Waals surface area contributed by atoms with Crippen LogP contribution >= 0.6 is 11.6 Å². The minimum absolute atomic E-state index is 0.259. The summed E-state index contributed by atoms with van der Waals surface area (Å²) < 4.78 is 21.4. The largest absolute Gasteiger partial charge is 0.373 e. The summed E-state index contributed by atoms with van der Waals surface area (Å²) in [6, 6.07) is 5.03. The van der Waals surface area contributed by atoms with Gasteiger partial charge in [0.1, 0.15) is 11.6 Å². The van der Waals surface area contributed by atoms with E-state index in [9.17, 15) is 4.39 Å². The van der Waals surface area contributed by atoms with Gasteiger partial charge in [0.25, 0.3) is 0 Å². The van der Waals surface area contributed by atoms with Crippen LogP contribution < -0.4 is 0 Å². The number of imidazole rings is 1. The first-order chi connectivity index (χ1) is 9.26. The summed E-state index contributed by atoms with van der Waals surface area (Å²) in [5.74, 6) is 0.885. The van der Waals surface area contributed by atoms with Crippen molar-refractivity contribution in [3.05, 3.63) is 29.8 Å². The minimum Gasteiger partial charge on any atom is -0.373 e. The van der Waals surface area contributed by atoms with Gasteiger partial charge in [-0.15, -0.1) is 11.6 Å². The predicted molar refractivity (Wildman–Crippen MR) is 70.8 cm³/mol. The molecule has 2 fully saturated rings. The number of halogens is 2. The molecule has 3 unspecified atom stereocenters. The van der Waals surface area contributed by atoms with E-state index in [-0.39, 0.29) is 11.9 Å². The lowest BCUT2D eigenvalue weighted by atomic mass is 9.95. The van der Waals surface area contributed by atoms with Gasteiger partial charge >= 0.3 is 0 Å². The van der Waals surface area contributed by atoms with Crippen LogP contribution in [0.15, 0.2) is 18.2 Å². The Balaban J connectivity index is 1.88. The van der Waals surface area contributed by atoms with Gasteiger partial charge in [0.15, 0.2) is 0 Å². The normalized spacial score (nSPS) is 29.5. The molecule has 4 rings (SSSR count). The Hall–Kier alpha value is -1.13. The van der Waals surface area contributed by atoms with Crippen molar-refractivity contribution in [2.75, 3.05) is 0 Å². The maximum Gasteiger partial charge on any atom is 0.125 e. The van der Waals surface area contributed by atoms with Gasteiger partial charge in [0, 0.05) is 6.07 Å². The molecule has 3 heterocycles. The lowest BCUT2D eigenvalue weighted by molar-refractivity contribution is 0.0940. The molecule has 2 aliphatic rings. The number of rotatable bonds is 2. The van der Waals surface area contributed by atoms with Crippen LogP contribution in [0.25, 0.3) is 11.0 Å². The smallest absolute Gasteiger partial charge is 0.125 e. The van der Waals surface area contributed by atoms with E-state index in [2.05, 4.69) is 9.55 Å². The number of hydrogen-bond acceptors (Lipinski definition) is 2. The van der Waals surface area contributed by atoms with Crippen LogP contribution in [-0.2, 0) is 10.6 Å². The van der Waals surface area contributed by atoms with Gasteiger partial charge in [0.05, 0.1) is 35.2 Å². The van der Waals surface area contributed by atoms with E-state index in [4.69, 9.17) is 16.3 Å². The number of benzene rings is 1. The fourth-order valence-electron chi connectivity index (χ4n) is 3.47. The Morgan fingerprint density at radius 1 is 1.42 bits per heavy atom. The molecule has 0 N–H and O–H groups in total. The maximum atomic E-state index is 13.3. The second kappa shape index (κ2) is 4.18. The van der Waals surface area contributed by atoms with E-state index in [1.807, 2.05) is 0 Å². The first kappa shape index (κ1) is 11.7.